The number of Topliss-reactive ketones (excluding diaryl/α,β-unsaturated/α-hetero) is 1. The van der Waals surface area contributed by atoms with Crippen molar-refractivity contribution in [3.63, 3.8) is 0 Å². The molecule has 0 amide bonds. The summed E-state index contributed by atoms with van der Waals surface area (Å²) in [5.41, 5.74) is 8.61. The number of carbonyl (C=O) groups is 1. The highest BCUT2D eigenvalue weighted by molar-refractivity contribution is 5.95. The number of ketones is 1. The largest absolute Gasteiger partial charge is 0.356 e. The number of hydrogen-bond acceptors (Lipinski definition) is 4. The van der Waals surface area contributed by atoms with Crippen LogP contribution in [0.1, 0.15) is 30.1 Å². The van der Waals surface area contributed by atoms with Crippen LogP contribution < -0.4 is 10.3 Å². The Morgan fingerprint density at radius 1 is 1.19 bits per heavy atom. The molecule has 0 aliphatic rings. The number of nitro groups is 1. The minimum atomic E-state index is -0.484. The summed E-state index contributed by atoms with van der Waals surface area (Å²) in [7, 11) is 0. The van der Waals surface area contributed by atoms with Crippen LogP contribution in [0.25, 0.3) is 11.0 Å². The van der Waals surface area contributed by atoms with Gasteiger partial charge in [0.1, 0.15) is 17.6 Å². The molecule has 7 heteroatoms. The maximum Gasteiger partial charge on any atom is 0.356 e. The first kappa shape index (κ1) is 17.6. The monoisotopic (exact) mass is 353 g/mol. The molecule has 3 rings (SSSR count). The Balaban J connectivity index is 1.94. The zero-order valence-electron chi connectivity index (χ0n) is 14.6. The lowest BCUT2D eigenvalue weighted by atomic mass is 10.1. The van der Waals surface area contributed by atoms with Gasteiger partial charge in [-0.05, 0) is 30.7 Å². The molecule has 0 saturated heterocycles. The molecule has 134 valence electrons. The van der Waals surface area contributed by atoms with Crippen molar-refractivity contribution in [3.8, 4) is 0 Å². The zero-order chi connectivity index (χ0) is 18.7. The number of nitro benzene ring substituents is 1. The molecule has 1 heterocycles. The SMILES string of the molecule is CCCCn1c(N)[n+](CC(=O)c2ccc([N+](=O)[O-])cc2)c2ccccc21. The van der Waals surface area contributed by atoms with Gasteiger partial charge in [-0.3, -0.25) is 20.6 Å². The minimum absolute atomic E-state index is 0.0371. The van der Waals surface area contributed by atoms with E-state index in [4.69, 9.17) is 5.73 Å². The molecular weight excluding hydrogens is 332 g/mol. The Labute approximate surface area is 150 Å². The van der Waals surface area contributed by atoms with Gasteiger partial charge in [0.25, 0.3) is 5.69 Å². The highest BCUT2D eigenvalue weighted by Gasteiger charge is 2.23. The molecule has 7 nitrogen and oxygen atoms in total. The molecule has 3 aromatic rings. The number of anilines is 1. The van der Waals surface area contributed by atoms with Crippen LogP contribution in [0.15, 0.2) is 48.5 Å². The van der Waals surface area contributed by atoms with Crippen LogP contribution in [0.3, 0.4) is 0 Å². The summed E-state index contributed by atoms with van der Waals surface area (Å²) in [4.78, 5) is 22.9. The normalized spacial score (nSPS) is 11.0. The van der Waals surface area contributed by atoms with Gasteiger partial charge in [0.05, 0.1) is 11.5 Å². The molecule has 0 fully saturated rings. The molecule has 0 aliphatic carbocycles. The second kappa shape index (κ2) is 7.35. The highest BCUT2D eigenvalue weighted by Crippen LogP contribution is 2.18. The molecule has 0 atom stereocenters. The van der Waals surface area contributed by atoms with Crippen molar-refractivity contribution in [3.05, 3.63) is 64.2 Å². The molecule has 0 saturated carbocycles. The van der Waals surface area contributed by atoms with Crippen LogP contribution in [0.2, 0.25) is 0 Å². The molecule has 0 radical (unpaired) electrons. The van der Waals surface area contributed by atoms with Crippen molar-refractivity contribution in [1.82, 2.24) is 4.57 Å². The summed E-state index contributed by atoms with van der Waals surface area (Å²) in [6, 6.07) is 13.4. The van der Waals surface area contributed by atoms with Crippen LogP contribution in [0, 0.1) is 10.1 Å². The van der Waals surface area contributed by atoms with E-state index < -0.39 is 4.92 Å². The van der Waals surface area contributed by atoms with E-state index in [1.165, 1.54) is 24.3 Å². The number of non-ortho nitro benzene ring substituents is 1. The number of para-hydroxylation sites is 2. The van der Waals surface area contributed by atoms with E-state index in [9.17, 15) is 14.9 Å². The van der Waals surface area contributed by atoms with Crippen molar-refractivity contribution < 1.29 is 14.3 Å². The zero-order valence-corrected chi connectivity index (χ0v) is 14.6. The summed E-state index contributed by atoms with van der Waals surface area (Å²) in [5.74, 6) is 0.393. The Morgan fingerprint density at radius 3 is 2.54 bits per heavy atom. The van der Waals surface area contributed by atoms with Gasteiger partial charge in [0.15, 0.2) is 5.78 Å². The quantitative estimate of drug-likeness (QED) is 0.305. The summed E-state index contributed by atoms with van der Waals surface area (Å²) >= 11 is 0. The first-order valence-corrected chi connectivity index (χ1v) is 8.57. The van der Waals surface area contributed by atoms with Crippen molar-refractivity contribution >= 4 is 28.5 Å². The molecule has 2 N–H and O–H groups in total. The standard InChI is InChI=1S/C19H20N4O3/c1-2-3-12-21-16-6-4-5-7-17(16)22(19(21)20)13-18(24)14-8-10-15(11-9-14)23(25)26/h4-11,20H,2-3,12-13H2,1H3/p+1. The van der Waals surface area contributed by atoms with E-state index >= 15 is 0 Å². The number of hydrogen-bond donors (Lipinski definition) is 1. The fourth-order valence-corrected chi connectivity index (χ4v) is 3.03. The van der Waals surface area contributed by atoms with Gasteiger partial charge in [0.2, 0.25) is 0 Å². The topological polar surface area (TPSA) is 95.0 Å². The summed E-state index contributed by atoms with van der Waals surface area (Å²) in [6.07, 6.45) is 2.05. The minimum Gasteiger partial charge on any atom is -0.291 e. The summed E-state index contributed by atoms with van der Waals surface area (Å²) in [5, 5.41) is 10.8. The Kier molecular flexibility index (Phi) is 4.97. The van der Waals surface area contributed by atoms with Gasteiger partial charge in [-0.15, -0.1) is 0 Å². The number of benzene rings is 2. The molecule has 0 bridgehead atoms. The van der Waals surface area contributed by atoms with Crippen LogP contribution in [-0.4, -0.2) is 15.3 Å². The van der Waals surface area contributed by atoms with Crippen molar-refractivity contribution in [2.75, 3.05) is 5.73 Å². The van der Waals surface area contributed by atoms with Gasteiger partial charge in [0, 0.05) is 17.7 Å². The average molecular weight is 353 g/mol. The Hall–Kier alpha value is -3.22. The van der Waals surface area contributed by atoms with Crippen LogP contribution >= 0.6 is 0 Å². The number of nitrogen functional groups attached to an aromatic ring is 1. The first-order valence-electron chi connectivity index (χ1n) is 8.57. The lowest BCUT2D eigenvalue weighted by Gasteiger charge is -2.02. The highest BCUT2D eigenvalue weighted by atomic mass is 16.6. The van der Waals surface area contributed by atoms with E-state index in [0.29, 0.717) is 11.5 Å². The predicted molar refractivity (Wildman–Crippen MR) is 98.9 cm³/mol. The van der Waals surface area contributed by atoms with Gasteiger partial charge in [-0.2, -0.15) is 0 Å². The number of rotatable bonds is 7. The summed E-state index contributed by atoms with van der Waals surface area (Å²) < 4.78 is 3.83. The van der Waals surface area contributed by atoms with E-state index in [-0.39, 0.29) is 18.0 Å². The molecule has 2 aromatic carbocycles. The molecule has 0 spiro atoms. The Morgan fingerprint density at radius 2 is 1.88 bits per heavy atom. The van der Waals surface area contributed by atoms with Crippen LogP contribution in [0.5, 0.6) is 0 Å². The fourth-order valence-electron chi connectivity index (χ4n) is 3.03. The number of unbranched alkanes of at least 4 members (excludes halogenated alkanes) is 1. The van der Waals surface area contributed by atoms with Gasteiger partial charge < -0.3 is 0 Å². The van der Waals surface area contributed by atoms with E-state index in [1.54, 1.807) is 4.57 Å². The molecule has 26 heavy (non-hydrogen) atoms. The number of fused-ring (bicyclic) bond motifs is 1. The number of aromatic nitrogens is 2. The predicted octanol–water partition coefficient (Wildman–Crippen LogP) is 3.10. The first-order chi connectivity index (χ1) is 12.5. The molecule has 0 aliphatic heterocycles. The number of nitrogens with zero attached hydrogens (tertiary/aromatic N) is 3. The fraction of sp³-hybridized carbons (Fsp3) is 0.263. The third kappa shape index (κ3) is 3.28. The van der Waals surface area contributed by atoms with Crippen molar-refractivity contribution in [2.24, 2.45) is 0 Å². The molecule has 0 unspecified atom stereocenters. The number of imidazole rings is 1. The second-order valence-electron chi connectivity index (χ2n) is 6.17. The van der Waals surface area contributed by atoms with Gasteiger partial charge in [-0.1, -0.05) is 25.5 Å². The lowest BCUT2D eigenvalue weighted by molar-refractivity contribution is -0.642. The number of carbonyl (C=O) groups excluding carboxylic acids is 1. The van der Waals surface area contributed by atoms with Gasteiger partial charge >= 0.3 is 5.95 Å². The van der Waals surface area contributed by atoms with Crippen LogP contribution in [-0.2, 0) is 13.1 Å². The summed E-state index contributed by atoms with van der Waals surface area (Å²) in [6.45, 7) is 3.00. The third-order valence-corrected chi connectivity index (χ3v) is 4.45. The van der Waals surface area contributed by atoms with E-state index in [0.717, 1.165) is 30.4 Å². The van der Waals surface area contributed by atoms with E-state index in [2.05, 4.69) is 6.92 Å². The maximum atomic E-state index is 12.7. The second-order valence-corrected chi connectivity index (χ2v) is 6.17. The van der Waals surface area contributed by atoms with E-state index in [1.807, 2.05) is 28.8 Å². The molecular formula is C19H21N4O3+. The number of aryl methyl sites for hydroxylation is 1. The van der Waals surface area contributed by atoms with Gasteiger partial charge in [-0.25, -0.2) is 9.13 Å². The maximum absolute atomic E-state index is 12.7. The average Bonchev–Trinajstić information content (AvgIpc) is 2.91. The van der Waals surface area contributed by atoms with Crippen LogP contribution in [0.4, 0.5) is 11.6 Å². The smallest absolute Gasteiger partial charge is 0.291 e. The van der Waals surface area contributed by atoms with Crippen molar-refractivity contribution in [1.29, 1.82) is 0 Å². The Bertz CT molecular complexity index is 961. The van der Waals surface area contributed by atoms with Crippen molar-refractivity contribution in [2.45, 2.75) is 32.9 Å². The number of nitrogens with two attached hydrogens (primary N) is 1. The molecule has 1 aromatic heterocycles. The third-order valence-electron chi connectivity index (χ3n) is 4.45. The lowest BCUT2D eigenvalue weighted by Crippen LogP contribution is -2.40.